The SMILES string of the molecule is CCCCCC(O)[C@H]1O[C@@H]2SC(=NC)N[C@@H]2[C@@H](O)[C@@H]1O. The summed E-state index contributed by atoms with van der Waals surface area (Å²) in [6, 6.07) is -0.382. The van der Waals surface area contributed by atoms with Gasteiger partial charge in [-0.2, -0.15) is 0 Å². The first-order valence-electron chi connectivity index (χ1n) is 7.18. The Bertz CT molecular complexity index is 355. The van der Waals surface area contributed by atoms with Crippen molar-refractivity contribution in [3.8, 4) is 0 Å². The Morgan fingerprint density at radius 2 is 2.10 bits per heavy atom. The molecular weight excluding hydrogens is 280 g/mol. The van der Waals surface area contributed by atoms with E-state index in [1.807, 2.05) is 0 Å². The predicted octanol–water partition coefficient (Wildman–Crippen LogP) is 0.0651. The van der Waals surface area contributed by atoms with Gasteiger partial charge in [0.05, 0.1) is 12.1 Å². The number of hydrogen-bond donors (Lipinski definition) is 4. The summed E-state index contributed by atoms with van der Waals surface area (Å²) < 4.78 is 5.78. The van der Waals surface area contributed by atoms with Crippen LogP contribution < -0.4 is 5.32 Å². The molecule has 7 heteroatoms. The van der Waals surface area contributed by atoms with Gasteiger partial charge in [0.2, 0.25) is 0 Å². The summed E-state index contributed by atoms with van der Waals surface area (Å²) in [5, 5.41) is 34.2. The largest absolute Gasteiger partial charge is 0.390 e. The van der Waals surface area contributed by atoms with Crippen LogP contribution in [0.25, 0.3) is 0 Å². The third-order valence-corrected chi connectivity index (χ3v) is 5.00. The highest BCUT2D eigenvalue weighted by atomic mass is 32.2. The monoisotopic (exact) mass is 304 g/mol. The number of unbranched alkanes of at least 4 members (excludes halogenated alkanes) is 2. The lowest BCUT2D eigenvalue weighted by Crippen LogP contribution is -2.61. The maximum absolute atomic E-state index is 10.2. The Hall–Kier alpha value is -0.340. The normalized spacial score (nSPS) is 40.5. The van der Waals surface area contributed by atoms with E-state index in [1.165, 1.54) is 11.8 Å². The molecule has 0 aromatic carbocycles. The Labute approximate surface area is 123 Å². The number of amidine groups is 1. The summed E-state index contributed by atoms with van der Waals surface area (Å²) in [6.45, 7) is 2.10. The van der Waals surface area contributed by atoms with Crippen LogP contribution in [0.5, 0.6) is 0 Å². The van der Waals surface area contributed by atoms with Gasteiger partial charge in [-0.25, -0.2) is 0 Å². The molecule has 0 saturated carbocycles. The fourth-order valence-electron chi connectivity index (χ4n) is 2.63. The lowest BCUT2D eigenvalue weighted by atomic mass is 9.92. The molecule has 0 bridgehead atoms. The zero-order valence-corrected chi connectivity index (χ0v) is 12.7. The molecule has 2 saturated heterocycles. The number of ether oxygens (including phenoxy) is 1. The third kappa shape index (κ3) is 3.28. The summed E-state index contributed by atoms with van der Waals surface area (Å²) in [5.74, 6) is 0. The van der Waals surface area contributed by atoms with E-state index in [1.54, 1.807) is 7.05 Å². The molecule has 4 N–H and O–H groups in total. The van der Waals surface area contributed by atoms with E-state index in [0.717, 1.165) is 19.3 Å². The van der Waals surface area contributed by atoms with Crippen LogP contribution in [0, 0.1) is 0 Å². The summed E-state index contributed by atoms with van der Waals surface area (Å²) in [5.41, 5.74) is -0.321. The fourth-order valence-corrected chi connectivity index (χ4v) is 3.72. The molecule has 0 aromatic rings. The van der Waals surface area contributed by atoms with Gasteiger partial charge in [-0.1, -0.05) is 37.9 Å². The van der Waals surface area contributed by atoms with E-state index in [9.17, 15) is 15.3 Å². The number of nitrogens with zero attached hydrogens (tertiary/aromatic N) is 1. The molecule has 116 valence electrons. The minimum atomic E-state index is -1.09. The maximum Gasteiger partial charge on any atom is 0.159 e. The first kappa shape index (κ1) is 16.0. The van der Waals surface area contributed by atoms with Crippen molar-refractivity contribution < 1.29 is 20.1 Å². The molecule has 0 aromatic heterocycles. The van der Waals surface area contributed by atoms with Crippen molar-refractivity contribution in [2.24, 2.45) is 4.99 Å². The molecular formula is C13H24N2O4S. The number of rotatable bonds is 5. The molecule has 6 nitrogen and oxygen atoms in total. The average molecular weight is 304 g/mol. The van der Waals surface area contributed by atoms with Crippen LogP contribution in [0.1, 0.15) is 32.6 Å². The van der Waals surface area contributed by atoms with Crippen molar-refractivity contribution >= 4 is 16.9 Å². The van der Waals surface area contributed by atoms with Gasteiger partial charge in [0.1, 0.15) is 23.7 Å². The quantitative estimate of drug-likeness (QED) is 0.537. The summed E-state index contributed by atoms with van der Waals surface area (Å²) in [4.78, 5) is 4.03. The van der Waals surface area contributed by atoms with Gasteiger partial charge < -0.3 is 25.4 Å². The van der Waals surface area contributed by atoms with Crippen LogP contribution in [0.2, 0.25) is 0 Å². The summed E-state index contributed by atoms with van der Waals surface area (Å²) in [7, 11) is 1.66. The van der Waals surface area contributed by atoms with Crippen molar-refractivity contribution in [3.63, 3.8) is 0 Å². The van der Waals surface area contributed by atoms with Crippen LogP contribution >= 0.6 is 11.8 Å². The molecule has 2 heterocycles. The topological polar surface area (TPSA) is 94.3 Å². The number of fused-ring (bicyclic) bond motifs is 1. The number of aliphatic hydroxyl groups is 3. The second kappa shape index (κ2) is 7.09. The lowest BCUT2D eigenvalue weighted by molar-refractivity contribution is -0.188. The second-order valence-electron chi connectivity index (χ2n) is 5.33. The zero-order valence-electron chi connectivity index (χ0n) is 11.9. The number of aliphatic imine (C=N–C) groups is 1. The standard InChI is InChI=1S/C13H24N2O4S/c1-3-4-5-6-7(16)11-10(18)9(17)8-12(19-11)20-13(14-2)15-8/h7-12,16-18H,3-6H2,1-2H3,(H,14,15)/t7?,8-,9-,10+,11-,12-/m1/s1. The van der Waals surface area contributed by atoms with E-state index >= 15 is 0 Å². The predicted molar refractivity (Wildman–Crippen MR) is 78.7 cm³/mol. The zero-order chi connectivity index (χ0) is 14.7. The van der Waals surface area contributed by atoms with Gasteiger partial charge in [-0.05, 0) is 6.42 Å². The minimum absolute atomic E-state index is 0.321. The van der Waals surface area contributed by atoms with Crippen LogP contribution in [-0.4, -0.2) is 63.4 Å². The van der Waals surface area contributed by atoms with Crippen molar-refractivity contribution in [3.05, 3.63) is 0 Å². The highest BCUT2D eigenvalue weighted by Crippen LogP contribution is 2.35. The smallest absolute Gasteiger partial charge is 0.159 e. The van der Waals surface area contributed by atoms with Crippen molar-refractivity contribution in [2.75, 3.05) is 7.05 Å². The molecule has 6 atom stereocenters. The first-order valence-corrected chi connectivity index (χ1v) is 8.06. The first-order chi connectivity index (χ1) is 9.58. The molecule has 0 amide bonds. The number of nitrogens with one attached hydrogen (secondary N) is 1. The number of hydrogen-bond acceptors (Lipinski definition) is 6. The van der Waals surface area contributed by atoms with Gasteiger partial charge in [0.15, 0.2) is 5.17 Å². The molecule has 0 radical (unpaired) electrons. The van der Waals surface area contributed by atoms with E-state index in [4.69, 9.17) is 4.74 Å². The van der Waals surface area contributed by atoms with Gasteiger partial charge in [0, 0.05) is 7.05 Å². The average Bonchev–Trinajstić information content (AvgIpc) is 2.86. The molecule has 0 aliphatic carbocycles. The van der Waals surface area contributed by atoms with E-state index < -0.39 is 24.4 Å². The Morgan fingerprint density at radius 1 is 1.35 bits per heavy atom. The van der Waals surface area contributed by atoms with Gasteiger partial charge in [-0.15, -0.1) is 0 Å². The van der Waals surface area contributed by atoms with Crippen LogP contribution in [-0.2, 0) is 4.74 Å². The minimum Gasteiger partial charge on any atom is -0.390 e. The molecule has 2 rings (SSSR count). The van der Waals surface area contributed by atoms with Gasteiger partial charge >= 0.3 is 0 Å². The van der Waals surface area contributed by atoms with Crippen molar-refractivity contribution in [1.82, 2.24) is 5.32 Å². The van der Waals surface area contributed by atoms with Crippen LogP contribution in [0.3, 0.4) is 0 Å². The number of aliphatic hydroxyl groups excluding tert-OH is 3. The van der Waals surface area contributed by atoms with E-state index in [0.29, 0.717) is 11.6 Å². The highest BCUT2D eigenvalue weighted by molar-refractivity contribution is 8.14. The van der Waals surface area contributed by atoms with E-state index in [2.05, 4.69) is 17.2 Å². The van der Waals surface area contributed by atoms with Gasteiger partial charge in [0.25, 0.3) is 0 Å². The molecule has 2 aliphatic heterocycles. The fraction of sp³-hybridized carbons (Fsp3) is 0.923. The second-order valence-corrected chi connectivity index (χ2v) is 6.42. The van der Waals surface area contributed by atoms with Crippen molar-refractivity contribution in [1.29, 1.82) is 0 Å². The summed E-state index contributed by atoms with van der Waals surface area (Å²) in [6.07, 6.45) is 0.0304. The molecule has 2 fully saturated rings. The maximum atomic E-state index is 10.2. The molecule has 0 spiro atoms. The van der Waals surface area contributed by atoms with Crippen LogP contribution in [0.4, 0.5) is 0 Å². The molecule has 2 aliphatic rings. The van der Waals surface area contributed by atoms with E-state index in [-0.39, 0.29) is 11.5 Å². The van der Waals surface area contributed by atoms with Crippen molar-refractivity contribution in [2.45, 2.75) is 68.5 Å². The third-order valence-electron chi connectivity index (χ3n) is 3.84. The van der Waals surface area contributed by atoms with Crippen LogP contribution in [0.15, 0.2) is 4.99 Å². The summed E-state index contributed by atoms with van der Waals surface area (Å²) >= 11 is 1.38. The Balaban J connectivity index is 1.98. The Morgan fingerprint density at radius 3 is 2.75 bits per heavy atom. The molecule has 1 unspecified atom stereocenters. The Kier molecular flexibility index (Phi) is 5.68. The number of thioether (sulfide) groups is 1. The highest BCUT2D eigenvalue weighted by Gasteiger charge is 2.50. The lowest BCUT2D eigenvalue weighted by Gasteiger charge is -2.40. The molecule has 20 heavy (non-hydrogen) atoms. The van der Waals surface area contributed by atoms with Gasteiger partial charge in [-0.3, -0.25) is 4.99 Å².